The maximum atomic E-state index is 10.2. The molecule has 0 aliphatic rings. The molecule has 15 heavy (non-hydrogen) atoms. The molecule has 0 aromatic heterocycles. The first-order valence-electron chi connectivity index (χ1n) is 5.55. The van der Waals surface area contributed by atoms with Crippen LogP contribution in [0.4, 0.5) is 0 Å². The van der Waals surface area contributed by atoms with Crippen LogP contribution in [0, 0.1) is 0 Å². The highest BCUT2D eigenvalue weighted by Crippen LogP contribution is 2.26. The SMILES string of the molecule is CC(O)(CCCCCO)c1ccccc1. The Morgan fingerprint density at radius 3 is 2.33 bits per heavy atom. The maximum absolute atomic E-state index is 10.2. The predicted molar refractivity (Wildman–Crippen MR) is 61.6 cm³/mol. The first kappa shape index (κ1) is 12.2. The van der Waals surface area contributed by atoms with E-state index in [2.05, 4.69) is 0 Å². The van der Waals surface area contributed by atoms with Crippen LogP contribution in [0.25, 0.3) is 0 Å². The van der Waals surface area contributed by atoms with Gasteiger partial charge in [0.2, 0.25) is 0 Å². The summed E-state index contributed by atoms with van der Waals surface area (Å²) in [4.78, 5) is 0. The highest BCUT2D eigenvalue weighted by molar-refractivity contribution is 5.21. The fourth-order valence-electron chi connectivity index (χ4n) is 1.70. The molecular formula is C13H20O2. The standard InChI is InChI=1S/C13H20O2/c1-13(15,10-6-3-7-11-14)12-8-4-2-5-9-12/h2,4-5,8-9,14-15H,3,6-7,10-11H2,1H3. The highest BCUT2D eigenvalue weighted by Gasteiger charge is 2.21. The van der Waals surface area contributed by atoms with Gasteiger partial charge in [-0.15, -0.1) is 0 Å². The molecule has 2 nitrogen and oxygen atoms in total. The van der Waals surface area contributed by atoms with Crippen LogP contribution in [-0.2, 0) is 5.60 Å². The molecular weight excluding hydrogens is 188 g/mol. The number of unbranched alkanes of at least 4 members (excludes halogenated alkanes) is 2. The number of rotatable bonds is 6. The molecule has 2 N–H and O–H groups in total. The van der Waals surface area contributed by atoms with Gasteiger partial charge in [-0.1, -0.05) is 43.2 Å². The van der Waals surface area contributed by atoms with Gasteiger partial charge in [0.1, 0.15) is 0 Å². The van der Waals surface area contributed by atoms with Gasteiger partial charge in [-0.2, -0.15) is 0 Å². The van der Waals surface area contributed by atoms with Gasteiger partial charge >= 0.3 is 0 Å². The molecule has 2 heteroatoms. The fraction of sp³-hybridized carbons (Fsp3) is 0.538. The van der Waals surface area contributed by atoms with Crippen molar-refractivity contribution in [2.75, 3.05) is 6.61 Å². The Balaban J connectivity index is 2.45. The van der Waals surface area contributed by atoms with Crippen molar-refractivity contribution >= 4 is 0 Å². The molecule has 1 aromatic rings. The van der Waals surface area contributed by atoms with Crippen LogP contribution >= 0.6 is 0 Å². The average molecular weight is 208 g/mol. The summed E-state index contributed by atoms with van der Waals surface area (Å²) in [6, 6.07) is 9.73. The molecule has 0 spiro atoms. The molecule has 0 aliphatic carbocycles. The Labute approximate surface area is 91.6 Å². The second-order valence-corrected chi connectivity index (χ2v) is 4.17. The van der Waals surface area contributed by atoms with Crippen molar-refractivity contribution in [3.05, 3.63) is 35.9 Å². The molecule has 0 saturated carbocycles. The Morgan fingerprint density at radius 1 is 1.07 bits per heavy atom. The molecule has 0 heterocycles. The van der Waals surface area contributed by atoms with Crippen molar-refractivity contribution in [1.29, 1.82) is 0 Å². The van der Waals surface area contributed by atoms with E-state index in [0.29, 0.717) is 0 Å². The number of hydrogen-bond acceptors (Lipinski definition) is 2. The van der Waals surface area contributed by atoms with Crippen LogP contribution in [0.1, 0.15) is 38.2 Å². The average Bonchev–Trinajstić information content (AvgIpc) is 2.26. The van der Waals surface area contributed by atoms with Gasteiger partial charge in [0.15, 0.2) is 0 Å². The van der Waals surface area contributed by atoms with Crippen LogP contribution in [0.3, 0.4) is 0 Å². The van der Waals surface area contributed by atoms with Gasteiger partial charge in [-0.05, 0) is 25.3 Å². The Bertz CT molecular complexity index is 267. The topological polar surface area (TPSA) is 40.5 Å². The van der Waals surface area contributed by atoms with E-state index >= 15 is 0 Å². The minimum atomic E-state index is -0.739. The number of hydrogen-bond donors (Lipinski definition) is 2. The van der Waals surface area contributed by atoms with Crippen LogP contribution in [0.2, 0.25) is 0 Å². The zero-order chi connectivity index (χ0) is 11.1. The van der Waals surface area contributed by atoms with Crippen LogP contribution in [0.5, 0.6) is 0 Å². The quantitative estimate of drug-likeness (QED) is 0.705. The van der Waals surface area contributed by atoms with Crippen LogP contribution in [0.15, 0.2) is 30.3 Å². The van der Waals surface area contributed by atoms with Gasteiger partial charge in [0, 0.05) is 6.61 Å². The molecule has 0 bridgehead atoms. The molecule has 0 saturated heterocycles. The number of aliphatic hydroxyl groups excluding tert-OH is 1. The molecule has 1 rings (SSSR count). The second kappa shape index (κ2) is 5.89. The minimum absolute atomic E-state index is 0.244. The van der Waals surface area contributed by atoms with Gasteiger partial charge in [-0.25, -0.2) is 0 Å². The van der Waals surface area contributed by atoms with E-state index in [1.807, 2.05) is 37.3 Å². The molecule has 1 atom stereocenters. The normalized spacial score (nSPS) is 14.9. The van der Waals surface area contributed by atoms with Crippen LogP contribution < -0.4 is 0 Å². The molecule has 0 radical (unpaired) electrons. The summed E-state index contributed by atoms with van der Waals surface area (Å²) >= 11 is 0. The minimum Gasteiger partial charge on any atom is -0.396 e. The van der Waals surface area contributed by atoms with E-state index in [9.17, 15) is 5.11 Å². The molecule has 84 valence electrons. The maximum Gasteiger partial charge on any atom is 0.0868 e. The van der Waals surface area contributed by atoms with E-state index in [-0.39, 0.29) is 6.61 Å². The summed E-state index contributed by atoms with van der Waals surface area (Å²) in [7, 11) is 0. The molecule has 1 unspecified atom stereocenters. The summed E-state index contributed by atoms with van der Waals surface area (Å²) in [6.45, 7) is 2.09. The van der Waals surface area contributed by atoms with E-state index in [0.717, 1.165) is 31.2 Å². The lowest BCUT2D eigenvalue weighted by Gasteiger charge is -2.23. The third-order valence-corrected chi connectivity index (χ3v) is 2.72. The fourth-order valence-corrected chi connectivity index (χ4v) is 1.70. The summed E-state index contributed by atoms with van der Waals surface area (Å²) in [5.41, 5.74) is 0.227. The first-order chi connectivity index (χ1) is 7.17. The Morgan fingerprint density at radius 2 is 1.73 bits per heavy atom. The van der Waals surface area contributed by atoms with E-state index < -0.39 is 5.60 Å². The molecule has 1 aromatic carbocycles. The monoisotopic (exact) mass is 208 g/mol. The summed E-state index contributed by atoms with van der Waals surface area (Å²) in [5.74, 6) is 0. The molecule has 0 aliphatic heterocycles. The summed E-state index contributed by atoms with van der Waals surface area (Å²) in [5, 5.41) is 18.9. The largest absolute Gasteiger partial charge is 0.396 e. The van der Waals surface area contributed by atoms with Crippen molar-refractivity contribution in [3.63, 3.8) is 0 Å². The van der Waals surface area contributed by atoms with Gasteiger partial charge in [0.05, 0.1) is 5.60 Å². The summed E-state index contributed by atoms with van der Waals surface area (Å²) in [6.07, 6.45) is 3.49. The van der Waals surface area contributed by atoms with E-state index in [1.54, 1.807) is 0 Å². The Hall–Kier alpha value is -0.860. The lowest BCUT2D eigenvalue weighted by Crippen LogP contribution is -2.20. The summed E-state index contributed by atoms with van der Waals surface area (Å²) < 4.78 is 0. The highest BCUT2D eigenvalue weighted by atomic mass is 16.3. The van der Waals surface area contributed by atoms with Crippen molar-refractivity contribution < 1.29 is 10.2 Å². The van der Waals surface area contributed by atoms with Crippen LogP contribution in [-0.4, -0.2) is 16.8 Å². The molecule has 0 fully saturated rings. The van der Waals surface area contributed by atoms with Gasteiger partial charge in [-0.3, -0.25) is 0 Å². The number of benzene rings is 1. The Kier molecular flexibility index (Phi) is 4.79. The molecule has 0 amide bonds. The zero-order valence-corrected chi connectivity index (χ0v) is 9.32. The zero-order valence-electron chi connectivity index (χ0n) is 9.32. The van der Waals surface area contributed by atoms with Crippen molar-refractivity contribution in [3.8, 4) is 0 Å². The lowest BCUT2D eigenvalue weighted by atomic mass is 9.90. The first-order valence-corrected chi connectivity index (χ1v) is 5.55. The third kappa shape index (κ3) is 4.02. The smallest absolute Gasteiger partial charge is 0.0868 e. The van der Waals surface area contributed by atoms with Gasteiger partial charge in [0.25, 0.3) is 0 Å². The lowest BCUT2D eigenvalue weighted by molar-refractivity contribution is 0.0445. The second-order valence-electron chi connectivity index (χ2n) is 4.17. The van der Waals surface area contributed by atoms with Crippen molar-refractivity contribution in [2.45, 2.75) is 38.2 Å². The van der Waals surface area contributed by atoms with Crippen molar-refractivity contribution in [2.24, 2.45) is 0 Å². The van der Waals surface area contributed by atoms with Gasteiger partial charge < -0.3 is 10.2 Å². The predicted octanol–water partition coefficient (Wildman–Crippen LogP) is 2.45. The van der Waals surface area contributed by atoms with E-state index in [4.69, 9.17) is 5.11 Å². The van der Waals surface area contributed by atoms with E-state index in [1.165, 1.54) is 0 Å². The van der Waals surface area contributed by atoms with Crippen molar-refractivity contribution in [1.82, 2.24) is 0 Å². The third-order valence-electron chi connectivity index (χ3n) is 2.72. The number of aliphatic hydroxyl groups is 2.